The van der Waals surface area contributed by atoms with Crippen molar-refractivity contribution in [1.82, 2.24) is 5.32 Å². The van der Waals surface area contributed by atoms with Gasteiger partial charge in [0.05, 0.1) is 18.8 Å². The molecular weight excluding hydrogens is 260 g/mol. The van der Waals surface area contributed by atoms with Gasteiger partial charge in [0.15, 0.2) is 0 Å². The Kier molecular flexibility index (Phi) is 6.89. The summed E-state index contributed by atoms with van der Waals surface area (Å²) in [5.41, 5.74) is 0.252. The third-order valence-electron chi connectivity index (χ3n) is 3.03. The zero-order valence-corrected chi connectivity index (χ0v) is 11.9. The van der Waals surface area contributed by atoms with Crippen molar-refractivity contribution in [3.63, 3.8) is 0 Å². The molecule has 104 valence electrons. The third kappa shape index (κ3) is 4.51. The highest BCUT2D eigenvalue weighted by Crippen LogP contribution is 2.26. The quantitative estimate of drug-likeness (QED) is 0.622. The van der Waals surface area contributed by atoms with Gasteiger partial charge >= 0.3 is 0 Å². The number of nitriles is 1. The summed E-state index contributed by atoms with van der Waals surface area (Å²) in [7, 11) is 1.78. The summed E-state index contributed by atoms with van der Waals surface area (Å²) in [6.45, 7) is -0.221. The van der Waals surface area contributed by atoms with Gasteiger partial charge in [-0.1, -0.05) is 30.3 Å². The van der Waals surface area contributed by atoms with Crippen molar-refractivity contribution in [3.8, 4) is 6.07 Å². The van der Waals surface area contributed by atoms with Gasteiger partial charge in [-0.05, 0) is 24.8 Å². The minimum atomic E-state index is -0.696. The smallest absolute Gasteiger partial charge is 0.132 e. The summed E-state index contributed by atoms with van der Waals surface area (Å²) in [5.74, 6) is 1.22. The maximum absolute atomic E-state index is 9.47. The van der Waals surface area contributed by atoms with E-state index in [1.807, 2.05) is 30.3 Å². The Bertz CT molecular complexity index is 408. The van der Waals surface area contributed by atoms with E-state index in [1.165, 1.54) is 11.8 Å². The van der Waals surface area contributed by atoms with Crippen molar-refractivity contribution < 1.29 is 10.2 Å². The molecule has 0 spiro atoms. The van der Waals surface area contributed by atoms with Crippen molar-refractivity contribution in [3.05, 3.63) is 35.9 Å². The fourth-order valence-electron chi connectivity index (χ4n) is 1.81. The molecule has 5 heteroatoms. The minimum absolute atomic E-state index is 0.221. The van der Waals surface area contributed by atoms with E-state index in [0.717, 1.165) is 11.3 Å². The predicted octanol–water partition coefficient (Wildman–Crippen LogP) is 1.10. The molecule has 0 aliphatic heterocycles. The van der Waals surface area contributed by atoms with Crippen molar-refractivity contribution in [2.24, 2.45) is 0 Å². The summed E-state index contributed by atoms with van der Waals surface area (Å²) in [5, 5.41) is 30.6. The Morgan fingerprint density at radius 3 is 2.63 bits per heavy atom. The monoisotopic (exact) mass is 280 g/mol. The lowest BCUT2D eigenvalue weighted by Crippen LogP contribution is -2.39. The Hall–Kier alpha value is -1.06. The van der Waals surface area contributed by atoms with Crippen LogP contribution in [0, 0.1) is 11.3 Å². The zero-order valence-electron chi connectivity index (χ0n) is 11.0. The topological polar surface area (TPSA) is 76.3 Å². The first-order chi connectivity index (χ1) is 9.18. The first kappa shape index (κ1) is 16.0. The molecule has 4 nitrogen and oxygen atoms in total. The highest BCUT2D eigenvalue weighted by atomic mass is 32.2. The average Bonchev–Trinajstić information content (AvgIpc) is 2.48. The molecule has 0 radical (unpaired) electrons. The number of hydrogen-bond acceptors (Lipinski definition) is 5. The molecule has 2 atom stereocenters. The van der Waals surface area contributed by atoms with Crippen LogP contribution in [0.3, 0.4) is 0 Å². The second kappa shape index (κ2) is 8.18. The zero-order chi connectivity index (χ0) is 14.1. The lowest BCUT2D eigenvalue weighted by Gasteiger charge is -2.26. The Morgan fingerprint density at radius 2 is 2.11 bits per heavy atom. The summed E-state index contributed by atoms with van der Waals surface area (Å²) in [4.78, 5) is 0. The van der Waals surface area contributed by atoms with Crippen LogP contribution in [0.4, 0.5) is 0 Å². The Morgan fingerprint density at radius 1 is 1.42 bits per heavy atom. The normalized spacial score (nSPS) is 15.5. The van der Waals surface area contributed by atoms with Crippen LogP contribution in [0.15, 0.2) is 30.3 Å². The van der Waals surface area contributed by atoms with Crippen molar-refractivity contribution in [2.75, 3.05) is 25.2 Å². The molecule has 0 fully saturated rings. The molecule has 1 aromatic carbocycles. The number of nitrogens with one attached hydrogen (secondary N) is 1. The number of thioether (sulfide) groups is 1. The fraction of sp³-hybridized carbons (Fsp3) is 0.500. The van der Waals surface area contributed by atoms with Crippen LogP contribution in [-0.4, -0.2) is 41.5 Å². The van der Waals surface area contributed by atoms with Crippen LogP contribution in [-0.2, 0) is 5.54 Å². The van der Waals surface area contributed by atoms with Gasteiger partial charge in [0.25, 0.3) is 0 Å². The molecule has 1 aromatic rings. The lowest BCUT2D eigenvalue weighted by molar-refractivity contribution is 0.113. The molecule has 0 aliphatic carbocycles. The van der Waals surface area contributed by atoms with Gasteiger partial charge in [0.2, 0.25) is 0 Å². The molecule has 0 aliphatic rings. The van der Waals surface area contributed by atoms with E-state index in [4.69, 9.17) is 5.11 Å². The summed E-state index contributed by atoms with van der Waals surface area (Å²) >= 11 is 1.54. The van der Waals surface area contributed by atoms with Crippen LogP contribution in [0.1, 0.15) is 12.0 Å². The molecular formula is C14H20N2O2S. The Balaban J connectivity index is 2.61. The van der Waals surface area contributed by atoms with Gasteiger partial charge in [0, 0.05) is 5.75 Å². The summed E-state index contributed by atoms with van der Waals surface area (Å²) < 4.78 is 0. The highest BCUT2D eigenvalue weighted by Gasteiger charge is 2.29. The first-order valence-electron chi connectivity index (χ1n) is 6.21. The molecule has 0 saturated heterocycles. The van der Waals surface area contributed by atoms with Gasteiger partial charge < -0.3 is 10.2 Å². The van der Waals surface area contributed by atoms with Crippen LogP contribution in [0.25, 0.3) is 0 Å². The van der Waals surface area contributed by atoms with Crippen LogP contribution in [0.2, 0.25) is 0 Å². The molecule has 0 heterocycles. The molecule has 19 heavy (non-hydrogen) atoms. The van der Waals surface area contributed by atoms with Crippen LogP contribution < -0.4 is 5.32 Å². The first-order valence-corrected chi connectivity index (χ1v) is 7.36. The van der Waals surface area contributed by atoms with Gasteiger partial charge in [-0.2, -0.15) is 17.0 Å². The highest BCUT2D eigenvalue weighted by molar-refractivity contribution is 7.99. The largest absolute Gasteiger partial charge is 0.394 e. The number of benzene rings is 1. The molecule has 3 N–H and O–H groups in total. The van der Waals surface area contributed by atoms with Gasteiger partial charge in [-0.3, -0.25) is 5.32 Å². The SMILES string of the molecule is CNC(C#N)(CCSCC(O)CO)c1ccccc1. The van der Waals surface area contributed by atoms with Crippen molar-refractivity contribution in [2.45, 2.75) is 18.1 Å². The van der Waals surface area contributed by atoms with Crippen LogP contribution in [0.5, 0.6) is 0 Å². The minimum Gasteiger partial charge on any atom is -0.394 e. The number of aliphatic hydroxyl groups is 2. The molecule has 0 aromatic heterocycles. The van der Waals surface area contributed by atoms with Crippen LogP contribution >= 0.6 is 11.8 Å². The molecule has 0 amide bonds. The van der Waals surface area contributed by atoms with E-state index in [1.54, 1.807) is 7.05 Å². The predicted molar refractivity (Wildman–Crippen MR) is 77.8 cm³/mol. The Labute approximate surface area is 118 Å². The number of hydrogen-bond donors (Lipinski definition) is 3. The van der Waals surface area contributed by atoms with Crippen molar-refractivity contribution >= 4 is 11.8 Å². The lowest BCUT2D eigenvalue weighted by atomic mass is 9.89. The summed E-state index contributed by atoms with van der Waals surface area (Å²) in [6, 6.07) is 12.0. The van der Waals surface area contributed by atoms with E-state index in [9.17, 15) is 10.4 Å². The van der Waals surface area contributed by atoms with Gasteiger partial charge in [-0.15, -0.1) is 0 Å². The molecule has 2 unspecified atom stereocenters. The number of aliphatic hydroxyl groups excluding tert-OH is 2. The van der Waals surface area contributed by atoms with E-state index >= 15 is 0 Å². The standard InChI is InChI=1S/C14H20N2O2S/c1-16-14(11-15,12-5-3-2-4-6-12)7-8-19-10-13(18)9-17/h2-6,13,16-18H,7-10H2,1H3. The van der Waals surface area contributed by atoms with E-state index in [-0.39, 0.29) is 6.61 Å². The van der Waals surface area contributed by atoms with Crippen molar-refractivity contribution in [1.29, 1.82) is 5.26 Å². The molecule has 1 rings (SSSR count). The molecule has 0 saturated carbocycles. The second-order valence-corrected chi connectivity index (χ2v) is 5.44. The second-order valence-electron chi connectivity index (χ2n) is 4.29. The maximum atomic E-state index is 9.47. The van der Waals surface area contributed by atoms with Gasteiger partial charge in [-0.25, -0.2) is 0 Å². The maximum Gasteiger partial charge on any atom is 0.132 e. The number of nitrogens with zero attached hydrogens (tertiary/aromatic N) is 1. The van der Waals surface area contributed by atoms with Gasteiger partial charge in [0.1, 0.15) is 5.54 Å². The average molecular weight is 280 g/mol. The molecule has 0 bridgehead atoms. The van der Waals surface area contributed by atoms with E-state index in [2.05, 4.69) is 11.4 Å². The van der Waals surface area contributed by atoms with E-state index in [0.29, 0.717) is 12.2 Å². The third-order valence-corrected chi connectivity index (χ3v) is 4.14. The number of rotatable bonds is 8. The van der Waals surface area contributed by atoms with E-state index < -0.39 is 11.6 Å². The fourth-order valence-corrected chi connectivity index (χ4v) is 2.80. The summed E-state index contributed by atoms with van der Waals surface area (Å²) in [6.07, 6.45) is -0.0416.